The van der Waals surface area contributed by atoms with E-state index in [0.29, 0.717) is 30.6 Å². The molecule has 1 aliphatic rings. The van der Waals surface area contributed by atoms with E-state index in [1.165, 1.54) is 6.20 Å². The molecule has 1 amide bonds. The smallest absolute Gasteiger partial charge is 0.265 e. The molecule has 3 rings (SSSR count). The maximum absolute atomic E-state index is 12.2. The molecule has 0 bridgehead atoms. The predicted octanol–water partition coefficient (Wildman–Crippen LogP) is 1.51. The Hall–Kier alpha value is -2.74. The lowest BCUT2D eigenvalue weighted by Gasteiger charge is -2.36. The lowest BCUT2D eigenvalue weighted by atomic mass is 10.2. The van der Waals surface area contributed by atoms with Crippen LogP contribution in [-0.2, 0) is 0 Å². The fourth-order valence-electron chi connectivity index (χ4n) is 3.03. The highest BCUT2D eigenvalue weighted by atomic mass is 35.5. The molecule has 1 aromatic carbocycles. The van der Waals surface area contributed by atoms with Gasteiger partial charge in [-0.15, -0.1) is 0 Å². The molecular formula is C18H22ClN5O3. The lowest BCUT2D eigenvalue weighted by molar-refractivity contribution is 0.0954. The molecule has 144 valence electrons. The van der Waals surface area contributed by atoms with Crippen molar-refractivity contribution >= 4 is 29.1 Å². The standard InChI is InChI=1S/C18H22ClN5O3/c1-3-20-16(25)13-11-21-18(22-17(13)26)24-8-6-23(7-9-24)14-10-12(19)4-5-15(14)27-2/h4-5,10-11H,3,6-9H2,1-2H3,(H,20,25)(H,21,22,26). The summed E-state index contributed by atoms with van der Waals surface area (Å²) in [5.41, 5.74) is 0.519. The third-order valence-corrected chi connectivity index (χ3v) is 4.66. The molecule has 1 aliphatic heterocycles. The number of methoxy groups -OCH3 is 1. The van der Waals surface area contributed by atoms with E-state index < -0.39 is 11.5 Å². The summed E-state index contributed by atoms with van der Waals surface area (Å²) >= 11 is 6.12. The van der Waals surface area contributed by atoms with E-state index in [2.05, 4.69) is 20.2 Å². The van der Waals surface area contributed by atoms with Crippen LogP contribution in [0.3, 0.4) is 0 Å². The number of aromatic nitrogens is 2. The summed E-state index contributed by atoms with van der Waals surface area (Å²) in [6.45, 7) is 5.02. The molecule has 0 radical (unpaired) electrons. The Balaban J connectivity index is 1.71. The maximum Gasteiger partial charge on any atom is 0.265 e. The summed E-state index contributed by atoms with van der Waals surface area (Å²) in [4.78, 5) is 35.1. The zero-order valence-corrected chi connectivity index (χ0v) is 16.0. The van der Waals surface area contributed by atoms with Crippen LogP contribution in [0.25, 0.3) is 0 Å². The number of H-pyrrole nitrogens is 1. The number of nitrogens with one attached hydrogen (secondary N) is 2. The number of hydrogen-bond donors (Lipinski definition) is 2. The highest BCUT2D eigenvalue weighted by Crippen LogP contribution is 2.32. The van der Waals surface area contributed by atoms with E-state index in [9.17, 15) is 9.59 Å². The van der Waals surface area contributed by atoms with Crippen LogP contribution in [-0.4, -0.2) is 55.7 Å². The summed E-state index contributed by atoms with van der Waals surface area (Å²) in [5.74, 6) is 0.812. The van der Waals surface area contributed by atoms with Crippen molar-refractivity contribution < 1.29 is 9.53 Å². The quantitative estimate of drug-likeness (QED) is 0.802. The van der Waals surface area contributed by atoms with E-state index in [0.717, 1.165) is 24.5 Å². The van der Waals surface area contributed by atoms with Gasteiger partial charge in [0.05, 0.1) is 12.8 Å². The molecule has 2 aromatic rings. The molecule has 0 saturated carbocycles. The van der Waals surface area contributed by atoms with Gasteiger partial charge < -0.3 is 19.9 Å². The van der Waals surface area contributed by atoms with Gasteiger partial charge in [0.15, 0.2) is 0 Å². The van der Waals surface area contributed by atoms with Crippen LogP contribution >= 0.6 is 11.6 Å². The van der Waals surface area contributed by atoms with Gasteiger partial charge in [-0.2, -0.15) is 0 Å². The summed E-state index contributed by atoms with van der Waals surface area (Å²) in [7, 11) is 1.63. The largest absolute Gasteiger partial charge is 0.495 e. The zero-order chi connectivity index (χ0) is 19.4. The first kappa shape index (κ1) is 19.0. The molecule has 9 heteroatoms. The van der Waals surface area contributed by atoms with Crippen molar-refractivity contribution in [2.45, 2.75) is 6.92 Å². The number of nitrogens with zero attached hydrogens (tertiary/aromatic N) is 3. The Morgan fingerprint density at radius 2 is 2.00 bits per heavy atom. The molecular weight excluding hydrogens is 370 g/mol. The van der Waals surface area contributed by atoms with Crippen molar-refractivity contribution in [3.8, 4) is 5.75 Å². The number of carbonyl (C=O) groups excluding carboxylic acids is 1. The van der Waals surface area contributed by atoms with Gasteiger partial charge in [0.25, 0.3) is 11.5 Å². The number of benzene rings is 1. The number of hydrogen-bond acceptors (Lipinski definition) is 6. The number of halogens is 1. The minimum atomic E-state index is -0.440. The average Bonchev–Trinajstić information content (AvgIpc) is 2.68. The van der Waals surface area contributed by atoms with Crippen LogP contribution in [0.2, 0.25) is 5.02 Å². The normalized spacial score (nSPS) is 14.2. The summed E-state index contributed by atoms with van der Waals surface area (Å²) < 4.78 is 5.42. The number of anilines is 2. The van der Waals surface area contributed by atoms with E-state index in [1.807, 2.05) is 17.0 Å². The molecule has 8 nitrogen and oxygen atoms in total. The average molecular weight is 392 g/mol. The topological polar surface area (TPSA) is 90.6 Å². The Bertz CT molecular complexity index is 878. The van der Waals surface area contributed by atoms with Crippen molar-refractivity contribution in [2.24, 2.45) is 0 Å². The van der Waals surface area contributed by atoms with Crippen LogP contribution < -0.4 is 25.4 Å². The highest BCUT2D eigenvalue weighted by Gasteiger charge is 2.22. The van der Waals surface area contributed by atoms with Crippen LogP contribution in [0.4, 0.5) is 11.6 Å². The first-order valence-electron chi connectivity index (χ1n) is 8.74. The molecule has 1 aromatic heterocycles. The minimum Gasteiger partial charge on any atom is -0.495 e. The molecule has 1 fully saturated rings. The van der Waals surface area contributed by atoms with Gasteiger partial charge in [-0.05, 0) is 25.1 Å². The van der Waals surface area contributed by atoms with Crippen molar-refractivity contribution in [3.63, 3.8) is 0 Å². The Morgan fingerprint density at radius 1 is 1.30 bits per heavy atom. The zero-order valence-electron chi connectivity index (χ0n) is 15.3. The van der Waals surface area contributed by atoms with E-state index >= 15 is 0 Å². The Labute approximate surface area is 162 Å². The lowest BCUT2D eigenvalue weighted by Crippen LogP contribution is -2.47. The van der Waals surface area contributed by atoms with Gasteiger partial charge in [-0.25, -0.2) is 4.98 Å². The molecule has 27 heavy (non-hydrogen) atoms. The fraction of sp³-hybridized carbons (Fsp3) is 0.389. The maximum atomic E-state index is 12.2. The van der Waals surface area contributed by atoms with Gasteiger partial charge in [0, 0.05) is 43.9 Å². The number of amides is 1. The van der Waals surface area contributed by atoms with Crippen LogP contribution in [0.5, 0.6) is 5.75 Å². The summed E-state index contributed by atoms with van der Waals surface area (Å²) in [5, 5.41) is 3.25. The van der Waals surface area contributed by atoms with Gasteiger partial charge in [0.2, 0.25) is 5.95 Å². The van der Waals surface area contributed by atoms with Gasteiger partial charge in [0.1, 0.15) is 11.3 Å². The number of aromatic amines is 1. The van der Waals surface area contributed by atoms with E-state index in [1.54, 1.807) is 20.1 Å². The van der Waals surface area contributed by atoms with Crippen molar-refractivity contribution in [2.75, 3.05) is 49.6 Å². The number of piperazine rings is 1. The first-order chi connectivity index (χ1) is 13.0. The van der Waals surface area contributed by atoms with Crippen LogP contribution in [0.15, 0.2) is 29.2 Å². The minimum absolute atomic E-state index is 0.0166. The van der Waals surface area contributed by atoms with Gasteiger partial charge in [-0.1, -0.05) is 11.6 Å². The van der Waals surface area contributed by atoms with Gasteiger partial charge >= 0.3 is 0 Å². The summed E-state index contributed by atoms with van der Waals surface area (Å²) in [6, 6.07) is 5.53. The molecule has 0 aliphatic carbocycles. The second-order valence-corrected chi connectivity index (χ2v) is 6.54. The monoisotopic (exact) mass is 391 g/mol. The van der Waals surface area contributed by atoms with Crippen molar-refractivity contribution in [1.29, 1.82) is 0 Å². The number of carbonyl (C=O) groups is 1. The Morgan fingerprint density at radius 3 is 2.63 bits per heavy atom. The van der Waals surface area contributed by atoms with Crippen LogP contribution in [0.1, 0.15) is 17.3 Å². The molecule has 2 heterocycles. The third-order valence-electron chi connectivity index (χ3n) is 4.43. The van der Waals surface area contributed by atoms with Crippen LogP contribution in [0, 0.1) is 0 Å². The molecule has 2 N–H and O–H groups in total. The fourth-order valence-corrected chi connectivity index (χ4v) is 3.20. The van der Waals surface area contributed by atoms with Crippen molar-refractivity contribution in [3.05, 3.63) is 45.3 Å². The Kier molecular flexibility index (Phi) is 5.85. The SMILES string of the molecule is CCNC(=O)c1cnc(N2CCN(c3cc(Cl)ccc3OC)CC2)[nH]c1=O. The molecule has 1 saturated heterocycles. The van der Waals surface area contributed by atoms with E-state index in [-0.39, 0.29) is 5.56 Å². The van der Waals surface area contributed by atoms with Crippen molar-refractivity contribution in [1.82, 2.24) is 15.3 Å². The molecule has 0 spiro atoms. The predicted molar refractivity (Wildman–Crippen MR) is 105 cm³/mol. The number of ether oxygens (including phenoxy) is 1. The van der Waals surface area contributed by atoms with Gasteiger partial charge in [-0.3, -0.25) is 14.6 Å². The van der Waals surface area contributed by atoms with E-state index in [4.69, 9.17) is 16.3 Å². The highest BCUT2D eigenvalue weighted by molar-refractivity contribution is 6.30. The second kappa shape index (κ2) is 8.30. The molecule has 0 atom stereocenters. The number of rotatable bonds is 5. The summed E-state index contributed by atoms with van der Waals surface area (Å²) in [6.07, 6.45) is 1.32. The first-order valence-corrected chi connectivity index (χ1v) is 9.12. The second-order valence-electron chi connectivity index (χ2n) is 6.10. The third kappa shape index (κ3) is 4.16. The molecule has 0 unspecified atom stereocenters.